The monoisotopic (exact) mass is 280 g/mol. The van der Waals surface area contributed by atoms with Gasteiger partial charge in [-0.05, 0) is 24.3 Å². The Morgan fingerprint density at radius 1 is 1.19 bits per heavy atom. The van der Waals surface area contributed by atoms with E-state index in [2.05, 4.69) is 58.0 Å². The van der Waals surface area contributed by atoms with Crippen molar-refractivity contribution in [3.63, 3.8) is 0 Å². The smallest absolute Gasteiger partial charge is 0.156 e. The maximum atomic E-state index is 4.57. The highest BCUT2D eigenvalue weighted by Gasteiger charge is 2.28. The Hall–Kier alpha value is -2.10. The number of piperidine rings is 1. The summed E-state index contributed by atoms with van der Waals surface area (Å²) in [5.41, 5.74) is 3.57. The number of fused-ring (bicyclic) bond motifs is 3. The molecule has 0 atom stereocenters. The average Bonchev–Trinajstić information content (AvgIpc) is 2.84. The van der Waals surface area contributed by atoms with Crippen LogP contribution in [0.1, 0.15) is 26.7 Å². The van der Waals surface area contributed by atoms with E-state index >= 15 is 0 Å². The molecule has 1 aromatic carbocycles. The molecule has 4 heteroatoms. The molecule has 1 aliphatic heterocycles. The molecule has 0 unspecified atom stereocenters. The number of aromatic nitrogens is 3. The Kier molecular flexibility index (Phi) is 2.67. The second-order valence-corrected chi connectivity index (χ2v) is 6.78. The summed E-state index contributed by atoms with van der Waals surface area (Å²) in [6.07, 6.45) is 4.20. The van der Waals surface area contributed by atoms with E-state index in [1.54, 1.807) is 6.33 Å². The molecule has 4 rings (SSSR count). The molecule has 0 aliphatic carbocycles. The lowest BCUT2D eigenvalue weighted by Crippen LogP contribution is -2.40. The van der Waals surface area contributed by atoms with Crippen LogP contribution in [-0.4, -0.2) is 28.0 Å². The zero-order valence-corrected chi connectivity index (χ0v) is 12.6. The lowest BCUT2D eigenvalue weighted by molar-refractivity contribution is 0.292. The first-order valence-electron chi connectivity index (χ1n) is 7.60. The molecule has 1 fully saturated rings. The quantitative estimate of drug-likeness (QED) is 0.738. The summed E-state index contributed by atoms with van der Waals surface area (Å²) in [6, 6.07) is 8.32. The summed E-state index contributed by atoms with van der Waals surface area (Å²) in [5, 5.41) is 1.17. The highest BCUT2D eigenvalue weighted by molar-refractivity contribution is 6.08. The molecule has 3 aromatic rings. The van der Waals surface area contributed by atoms with E-state index < -0.39 is 0 Å². The lowest BCUT2D eigenvalue weighted by atomic mass is 9.84. The van der Waals surface area contributed by atoms with Gasteiger partial charge in [-0.1, -0.05) is 32.0 Å². The molecular formula is C17H20N4. The van der Waals surface area contributed by atoms with Crippen molar-refractivity contribution < 1.29 is 0 Å². The average molecular weight is 280 g/mol. The highest BCUT2D eigenvalue weighted by atomic mass is 15.2. The van der Waals surface area contributed by atoms with E-state index in [1.807, 2.05) is 0 Å². The third kappa shape index (κ3) is 2.06. The van der Waals surface area contributed by atoms with Crippen LogP contribution in [0.4, 0.5) is 5.82 Å². The van der Waals surface area contributed by atoms with Crippen molar-refractivity contribution in [1.29, 1.82) is 0 Å². The van der Waals surface area contributed by atoms with Gasteiger partial charge < -0.3 is 9.88 Å². The number of hydrogen-bond acceptors (Lipinski definition) is 3. The van der Waals surface area contributed by atoms with Crippen molar-refractivity contribution >= 4 is 27.8 Å². The topological polar surface area (TPSA) is 44.8 Å². The minimum atomic E-state index is 0.349. The molecule has 108 valence electrons. The molecule has 0 saturated carbocycles. The third-order valence-corrected chi connectivity index (χ3v) is 4.47. The predicted molar refractivity (Wildman–Crippen MR) is 86.6 cm³/mol. The number of nitrogens with zero attached hydrogens (tertiary/aromatic N) is 3. The van der Waals surface area contributed by atoms with Crippen molar-refractivity contribution in [2.24, 2.45) is 5.41 Å². The molecule has 21 heavy (non-hydrogen) atoms. The number of para-hydroxylation sites is 1. The van der Waals surface area contributed by atoms with Crippen LogP contribution < -0.4 is 4.90 Å². The van der Waals surface area contributed by atoms with Gasteiger partial charge in [0, 0.05) is 24.0 Å². The molecule has 0 spiro atoms. The molecule has 1 N–H and O–H groups in total. The Bertz CT molecular complexity index is 803. The fraction of sp³-hybridized carbons (Fsp3) is 0.412. The summed E-state index contributed by atoms with van der Waals surface area (Å²) in [7, 11) is 0. The fourth-order valence-electron chi connectivity index (χ4n) is 3.47. The molecule has 0 bridgehead atoms. The van der Waals surface area contributed by atoms with E-state index in [-0.39, 0.29) is 0 Å². The Labute approximate surface area is 124 Å². The van der Waals surface area contributed by atoms with Crippen LogP contribution in [0.5, 0.6) is 0 Å². The van der Waals surface area contributed by atoms with Gasteiger partial charge in [-0.3, -0.25) is 0 Å². The number of anilines is 1. The summed E-state index contributed by atoms with van der Waals surface area (Å²) in [6.45, 7) is 6.80. The standard InChI is InChI=1S/C17H20N4/c1-17(2)8-5-9-21(10-17)16-15-14(18-11-19-16)12-6-3-4-7-13(12)20-15/h3-4,6-7,11,20H,5,8-10H2,1-2H3. The molecule has 2 aromatic heterocycles. The molecule has 4 nitrogen and oxygen atoms in total. The van der Waals surface area contributed by atoms with Gasteiger partial charge >= 0.3 is 0 Å². The first kappa shape index (κ1) is 12.6. The maximum Gasteiger partial charge on any atom is 0.156 e. The molecule has 0 radical (unpaired) electrons. The van der Waals surface area contributed by atoms with Crippen LogP contribution in [-0.2, 0) is 0 Å². The molecule has 0 amide bonds. The van der Waals surface area contributed by atoms with Crippen LogP contribution in [0.2, 0.25) is 0 Å². The number of hydrogen-bond donors (Lipinski definition) is 1. The number of benzene rings is 1. The van der Waals surface area contributed by atoms with Crippen molar-refractivity contribution in [2.75, 3.05) is 18.0 Å². The van der Waals surface area contributed by atoms with Crippen LogP contribution in [0.15, 0.2) is 30.6 Å². The minimum Gasteiger partial charge on any atom is -0.354 e. The van der Waals surface area contributed by atoms with Gasteiger partial charge in [0.05, 0.1) is 0 Å². The number of nitrogens with one attached hydrogen (secondary N) is 1. The minimum absolute atomic E-state index is 0.349. The Morgan fingerprint density at radius 2 is 2.05 bits per heavy atom. The highest BCUT2D eigenvalue weighted by Crippen LogP contribution is 2.34. The van der Waals surface area contributed by atoms with Gasteiger partial charge in [-0.15, -0.1) is 0 Å². The Balaban J connectivity index is 1.89. The number of rotatable bonds is 1. The van der Waals surface area contributed by atoms with Crippen molar-refractivity contribution in [1.82, 2.24) is 15.0 Å². The van der Waals surface area contributed by atoms with Gasteiger partial charge in [-0.2, -0.15) is 0 Å². The second-order valence-electron chi connectivity index (χ2n) is 6.78. The van der Waals surface area contributed by atoms with Gasteiger partial charge in [0.15, 0.2) is 5.82 Å². The normalized spacial score (nSPS) is 18.5. The zero-order valence-electron chi connectivity index (χ0n) is 12.6. The van der Waals surface area contributed by atoms with Crippen LogP contribution in [0, 0.1) is 5.41 Å². The van der Waals surface area contributed by atoms with Crippen molar-refractivity contribution in [2.45, 2.75) is 26.7 Å². The van der Waals surface area contributed by atoms with Gasteiger partial charge in [0.25, 0.3) is 0 Å². The summed E-state index contributed by atoms with van der Waals surface area (Å²) in [5.74, 6) is 1.05. The number of H-pyrrole nitrogens is 1. The number of aromatic amines is 1. The lowest BCUT2D eigenvalue weighted by Gasteiger charge is -2.38. The van der Waals surface area contributed by atoms with Crippen LogP contribution >= 0.6 is 0 Å². The predicted octanol–water partition coefficient (Wildman–Crippen LogP) is 3.74. The van der Waals surface area contributed by atoms with Gasteiger partial charge in [0.1, 0.15) is 17.4 Å². The second kappa shape index (κ2) is 4.45. The molecule has 3 heterocycles. The summed E-state index contributed by atoms with van der Waals surface area (Å²) >= 11 is 0. The Morgan fingerprint density at radius 3 is 2.90 bits per heavy atom. The molecule has 1 aliphatic rings. The summed E-state index contributed by atoms with van der Waals surface area (Å²) < 4.78 is 0. The van der Waals surface area contributed by atoms with E-state index in [4.69, 9.17) is 0 Å². The van der Waals surface area contributed by atoms with Crippen LogP contribution in [0.3, 0.4) is 0 Å². The first-order valence-corrected chi connectivity index (χ1v) is 7.60. The van der Waals surface area contributed by atoms with Crippen molar-refractivity contribution in [3.8, 4) is 0 Å². The van der Waals surface area contributed by atoms with Gasteiger partial charge in [-0.25, -0.2) is 9.97 Å². The summed E-state index contributed by atoms with van der Waals surface area (Å²) in [4.78, 5) is 15.0. The SMILES string of the molecule is CC1(C)CCCN(c2ncnc3c2[nH]c2ccccc23)C1. The maximum absolute atomic E-state index is 4.57. The molecular weight excluding hydrogens is 260 g/mol. The molecule has 1 saturated heterocycles. The first-order chi connectivity index (χ1) is 10.1. The van der Waals surface area contributed by atoms with Crippen molar-refractivity contribution in [3.05, 3.63) is 30.6 Å². The van der Waals surface area contributed by atoms with Crippen LogP contribution in [0.25, 0.3) is 21.9 Å². The van der Waals surface area contributed by atoms with E-state index in [9.17, 15) is 0 Å². The fourth-order valence-corrected chi connectivity index (χ4v) is 3.47. The van der Waals surface area contributed by atoms with Gasteiger partial charge in [0.2, 0.25) is 0 Å². The van der Waals surface area contributed by atoms with E-state index in [0.29, 0.717) is 5.41 Å². The third-order valence-electron chi connectivity index (χ3n) is 4.47. The van der Waals surface area contributed by atoms with E-state index in [1.165, 1.54) is 18.2 Å². The largest absolute Gasteiger partial charge is 0.354 e. The van der Waals surface area contributed by atoms with E-state index in [0.717, 1.165) is 35.5 Å². The zero-order chi connectivity index (χ0) is 14.4.